The highest BCUT2D eigenvalue weighted by Gasteiger charge is 2.41. The van der Waals surface area contributed by atoms with Crippen LogP contribution in [0.4, 0.5) is 0 Å². The van der Waals surface area contributed by atoms with Gasteiger partial charge in [-0.1, -0.05) is 55.8 Å². The molecule has 0 radical (unpaired) electrons. The van der Waals surface area contributed by atoms with E-state index < -0.39 is 35.9 Å². The van der Waals surface area contributed by atoms with Crippen LogP contribution >= 0.6 is 0 Å². The normalized spacial score (nSPS) is 25.8. The first-order valence-corrected chi connectivity index (χ1v) is 17.8. The molecule has 0 aliphatic carbocycles. The molecule has 1 saturated heterocycles. The molecular weight excluding hydrogens is 624 g/mol. The van der Waals surface area contributed by atoms with Crippen LogP contribution in [0.3, 0.4) is 0 Å². The summed E-state index contributed by atoms with van der Waals surface area (Å²) in [4.78, 5) is 72.8. The topological polar surface area (TPSA) is 126 Å². The highest BCUT2D eigenvalue weighted by Crippen LogP contribution is 2.26. The van der Waals surface area contributed by atoms with Gasteiger partial charge in [-0.3, -0.25) is 19.2 Å². The lowest BCUT2D eigenvalue weighted by molar-refractivity contribution is -0.160. The first-order chi connectivity index (χ1) is 23.3. The number of nitrogens with zero attached hydrogens (tertiary/aromatic N) is 3. The average molecular weight is 683 g/mol. The zero-order chi connectivity index (χ0) is 36.1. The van der Waals surface area contributed by atoms with Gasteiger partial charge in [0.05, 0.1) is 12.6 Å². The fourth-order valence-electron chi connectivity index (χ4n) is 6.49. The molecular formula is C38H58N4O7. The van der Waals surface area contributed by atoms with E-state index in [2.05, 4.69) is 5.32 Å². The lowest BCUT2D eigenvalue weighted by atomic mass is 10.0. The molecule has 0 unspecified atom stereocenters. The number of carbonyl (C=O) groups is 5. The van der Waals surface area contributed by atoms with Gasteiger partial charge in [-0.25, -0.2) is 4.79 Å². The van der Waals surface area contributed by atoms with Gasteiger partial charge in [0.15, 0.2) is 0 Å². The highest BCUT2D eigenvalue weighted by molar-refractivity contribution is 5.94. The van der Waals surface area contributed by atoms with Crippen LogP contribution in [-0.2, 0) is 39.9 Å². The smallest absolute Gasteiger partial charge is 0.329 e. The number of likely N-dealkylation sites (N-methyl/N-ethyl adjacent to an activating group) is 2. The fourth-order valence-corrected chi connectivity index (χ4v) is 6.49. The molecule has 1 N–H and O–H groups in total. The van der Waals surface area contributed by atoms with Crippen molar-refractivity contribution < 1.29 is 33.4 Å². The summed E-state index contributed by atoms with van der Waals surface area (Å²) in [5, 5.41) is 2.90. The molecule has 1 aromatic carbocycles. The van der Waals surface area contributed by atoms with E-state index in [9.17, 15) is 24.0 Å². The zero-order valence-electron chi connectivity index (χ0n) is 30.6. The summed E-state index contributed by atoms with van der Waals surface area (Å²) in [6.07, 6.45) is 6.95. The molecule has 11 nitrogen and oxygen atoms in total. The van der Waals surface area contributed by atoms with Crippen LogP contribution < -0.4 is 5.32 Å². The minimum Gasteiger partial charge on any atom is -0.461 e. The van der Waals surface area contributed by atoms with E-state index in [0.717, 1.165) is 24.0 Å². The monoisotopic (exact) mass is 682 g/mol. The molecule has 2 aliphatic heterocycles. The number of nitrogens with one attached hydrogen (secondary N) is 1. The molecule has 0 bridgehead atoms. The van der Waals surface area contributed by atoms with Gasteiger partial charge < -0.3 is 29.5 Å². The van der Waals surface area contributed by atoms with Crippen LogP contribution in [0.25, 0.3) is 0 Å². The Bertz CT molecular complexity index is 1300. The molecule has 3 rings (SSSR count). The van der Waals surface area contributed by atoms with Crippen LogP contribution in [0.15, 0.2) is 42.0 Å². The van der Waals surface area contributed by atoms with E-state index in [-0.39, 0.29) is 49.3 Å². The summed E-state index contributed by atoms with van der Waals surface area (Å²) in [5.41, 5.74) is 1.85. The fraction of sp³-hybridized carbons (Fsp3) is 0.658. The van der Waals surface area contributed by atoms with Crippen molar-refractivity contribution in [3.63, 3.8) is 0 Å². The average Bonchev–Trinajstić information content (AvgIpc) is 3.57. The van der Waals surface area contributed by atoms with E-state index in [0.29, 0.717) is 45.1 Å². The van der Waals surface area contributed by atoms with E-state index in [1.54, 1.807) is 19.1 Å². The lowest BCUT2D eigenvalue weighted by Crippen LogP contribution is -2.55. The van der Waals surface area contributed by atoms with Gasteiger partial charge in [-0.15, -0.1) is 0 Å². The third kappa shape index (κ3) is 12.3. The molecule has 0 spiro atoms. The van der Waals surface area contributed by atoms with Gasteiger partial charge in [-0.2, -0.15) is 0 Å². The first kappa shape index (κ1) is 39.7. The van der Waals surface area contributed by atoms with E-state index >= 15 is 0 Å². The molecule has 0 aromatic heterocycles. The summed E-state index contributed by atoms with van der Waals surface area (Å²) in [7, 11) is 4.79. The van der Waals surface area contributed by atoms with Crippen molar-refractivity contribution in [3.05, 3.63) is 47.5 Å². The minimum absolute atomic E-state index is 0.0845. The van der Waals surface area contributed by atoms with Crippen molar-refractivity contribution in [2.75, 3.05) is 34.3 Å². The zero-order valence-corrected chi connectivity index (χ0v) is 30.6. The van der Waals surface area contributed by atoms with E-state index in [4.69, 9.17) is 9.47 Å². The second-order valence-electron chi connectivity index (χ2n) is 14.2. The molecule has 272 valence electrons. The van der Waals surface area contributed by atoms with Gasteiger partial charge in [0, 0.05) is 40.6 Å². The lowest BCUT2D eigenvalue weighted by Gasteiger charge is -2.35. The minimum atomic E-state index is -0.881. The van der Waals surface area contributed by atoms with Gasteiger partial charge in [0.1, 0.15) is 24.2 Å². The Hall–Kier alpha value is -3.73. The number of carbonyl (C=O) groups excluding carboxylic acids is 5. The molecule has 1 fully saturated rings. The van der Waals surface area contributed by atoms with Crippen molar-refractivity contribution in [1.82, 2.24) is 20.0 Å². The number of esters is 1. The summed E-state index contributed by atoms with van der Waals surface area (Å²) in [6.45, 7) is 8.05. The number of cyclic esters (lactones) is 1. The summed E-state index contributed by atoms with van der Waals surface area (Å²) >= 11 is 0. The first-order valence-electron chi connectivity index (χ1n) is 17.8. The van der Waals surface area contributed by atoms with Crippen molar-refractivity contribution in [1.29, 1.82) is 0 Å². The number of benzene rings is 1. The third-order valence-electron chi connectivity index (χ3n) is 9.63. The number of amides is 4. The Morgan fingerprint density at radius 2 is 1.71 bits per heavy atom. The van der Waals surface area contributed by atoms with Gasteiger partial charge in [0.25, 0.3) is 0 Å². The molecule has 2 heterocycles. The molecule has 2 aliphatic rings. The molecule has 5 atom stereocenters. The number of hydrogen-bond donors (Lipinski definition) is 1. The maximum Gasteiger partial charge on any atom is 0.329 e. The summed E-state index contributed by atoms with van der Waals surface area (Å²) < 4.78 is 11.5. The van der Waals surface area contributed by atoms with Crippen LogP contribution in [-0.4, -0.2) is 109 Å². The van der Waals surface area contributed by atoms with Crippen LogP contribution in [0.2, 0.25) is 0 Å². The Morgan fingerprint density at radius 3 is 2.39 bits per heavy atom. The van der Waals surface area contributed by atoms with Crippen molar-refractivity contribution in [2.45, 2.75) is 122 Å². The Balaban J connectivity index is 1.95. The Morgan fingerprint density at radius 1 is 1.00 bits per heavy atom. The predicted octanol–water partition coefficient (Wildman–Crippen LogP) is 4.28. The van der Waals surface area contributed by atoms with Crippen molar-refractivity contribution in [2.24, 2.45) is 5.92 Å². The Labute approximate surface area is 292 Å². The molecule has 4 amide bonds. The molecule has 11 heteroatoms. The van der Waals surface area contributed by atoms with Crippen LogP contribution in [0.1, 0.15) is 91.0 Å². The van der Waals surface area contributed by atoms with E-state index in [1.807, 2.05) is 64.1 Å². The molecule has 49 heavy (non-hydrogen) atoms. The number of allylic oxidation sites excluding steroid dienone is 1. The van der Waals surface area contributed by atoms with Crippen molar-refractivity contribution in [3.8, 4) is 0 Å². The quantitative estimate of drug-likeness (QED) is 0.305. The van der Waals surface area contributed by atoms with Gasteiger partial charge >= 0.3 is 5.97 Å². The standard InChI is InChI=1S/C38H58N4O7/c1-26(2)23-33-37(46)42-22-12-17-32(42)38(47)49-30(16-11-13-28(4)48-7)20-18-27(3)19-21-34(43)39-31(24-29-14-9-8-10-15-29)36(45)40(5)25-35(44)41(33)6/h8-10,14-15,19,26,28,30-33H,11-13,16-18,20-25H2,1-7H3,(H,39,43)/b27-19-/t28-,30-,31-,32-,33+/m0/s1. The molecule has 1 aromatic rings. The number of methoxy groups -OCH3 is 1. The van der Waals surface area contributed by atoms with E-state index in [1.165, 1.54) is 16.8 Å². The Kier molecular flexibility index (Phi) is 15.8. The summed E-state index contributed by atoms with van der Waals surface area (Å²) in [6, 6.07) is 7.02. The third-order valence-corrected chi connectivity index (χ3v) is 9.63. The highest BCUT2D eigenvalue weighted by atomic mass is 16.5. The number of rotatable bonds is 9. The second-order valence-corrected chi connectivity index (χ2v) is 14.2. The van der Waals surface area contributed by atoms with Crippen molar-refractivity contribution >= 4 is 29.6 Å². The van der Waals surface area contributed by atoms with Gasteiger partial charge in [0.2, 0.25) is 23.6 Å². The van der Waals surface area contributed by atoms with Crippen LogP contribution in [0, 0.1) is 5.92 Å². The van der Waals surface area contributed by atoms with Gasteiger partial charge in [-0.05, 0) is 76.7 Å². The number of ether oxygens (including phenoxy) is 2. The second kappa shape index (κ2) is 19.5. The summed E-state index contributed by atoms with van der Waals surface area (Å²) in [5.74, 6) is -1.72. The van der Waals surface area contributed by atoms with Crippen LogP contribution in [0.5, 0.6) is 0 Å². The predicted molar refractivity (Wildman–Crippen MR) is 188 cm³/mol. The largest absolute Gasteiger partial charge is 0.461 e. The number of hydrogen-bond acceptors (Lipinski definition) is 7. The maximum absolute atomic E-state index is 14.2. The maximum atomic E-state index is 14.2. The SMILES string of the molecule is CO[C@@H](C)CCC[C@H]1CC/C(C)=C\CC(=O)N[C@@H](Cc2ccccc2)C(=O)N(C)CC(=O)N(C)[C@H](CC(C)C)C(=O)N2CCC[C@H]2C(=O)O1. The molecule has 0 saturated carbocycles. The number of fused-ring (bicyclic) bond motifs is 1.